The number of fused-ring (bicyclic) bond motifs is 1. The van der Waals surface area contributed by atoms with Gasteiger partial charge in [-0.05, 0) is 60.8 Å². The van der Waals surface area contributed by atoms with Crippen LogP contribution in [0.25, 0.3) is 22.0 Å². The fraction of sp³-hybridized carbons (Fsp3) is 0.316. The summed E-state index contributed by atoms with van der Waals surface area (Å²) in [5.74, 6) is -0.0116. The number of aryl methyl sites for hydroxylation is 2. The highest BCUT2D eigenvalue weighted by Crippen LogP contribution is 2.32. The second-order valence-corrected chi connectivity index (χ2v) is 8.62. The van der Waals surface area contributed by atoms with Crippen LogP contribution in [0.3, 0.4) is 0 Å². The van der Waals surface area contributed by atoms with E-state index in [2.05, 4.69) is 9.82 Å². The van der Waals surface area contributed by atoms with Crippen molar-refractivity contribution in [1.82, 2.24) is 14.5 Å². The third-order valence-corrected chi connectivity index (χ3v) is 5.97. The zero-order valence-electron chi connectivity index (χ0n) is 15.4. The maximum atomic E-state index is 12.8. The van der Waals surface area contributed by atoms with Gasteiger partial charge in [0.1, 0.15) is 0 Å². The van der Waals surface area contributed by atoms with Crippen molar-refractivity contribution >= 4 is 20.9 Å². The van der Waals surface area contributed by atoms with Crippen molar-refractivity contribution in [3.63, 3.8) is 0 Å². The normalized spacial score (nSPS) is 12.6. The Bertz CT molecular complexity index is 1090. The van der Waals surface area contributed by atoms with E-state index in [1.165, 1.54) is 19.2 Å². The fourth-order valence-corrected chi connectivity index (χ4v) is 3.82. The van der Waals surface area contributed by atoms with Crippen LogP contribution in [0.15, 0.2) is 42.6 Å². The lowest BCUT2D eigenvalue weighted by atomic mass is 9.97. The number of sulfonamides is 1. The Balaban J connectivity index is 1.95. The highest BCUT2D eigenvalue weighted by molar-refractivity contribution is 7.89. The second-order valence-electron chi connectivity index (χ2n) is 6.58. The molecule has 0 fully saturated rings. The number of halogens is 3. The van der Waals surface area contributed by atoms with Crippen LogP contribution in [0.2, 0.25) is 0 Å². The van der Waals surface area contributed by atoms with E-state index in [9.17, 15) is 21.6 Å². The molecule has 0 aliphatic rings. The van der Waals surface area contributed by atoms with E-state index in [-0.39, 0.29) is 5.75 Å². The first-order valence-electron chi connectivity index (χ1n) is 8.64. The largest absolute Gasteiger partial charge is 0.416 e. The van der Waals surface area contributed by atoms with Crippen molar-refractivity contribution in [2.45, 2.75) is 19.0 Å². The summed E-state index contributed by atoms with van der Waals surface area (Å²) in [6.07, 6.45) is -1.65. The number of alkyl halides is 3. The molecule has 0 aliphatic carbocycles. The number of hydrogen-bond donors (Lipinski definition) is 1. The SMILES string of the molecule is CNS(=O)(=O)CCCc1cc(-c2ccc(C(F)(F)F)cc2)cc2cn(C)nc12. The average Bonchev–Trinajstić information content (AvgIpc) is 3.01. The van der Waals surface area contributed by atoms with Gasteiger partial charge in [-0.3, -0.25) is 4.68 Å². The fourth-order valence-electron chi connectivity index (χ4n) is 3.09. The Morgan fingerprint density at radius 3 is 2.39 bits per heavy atom. The third kappa shape index (κ3) is 4.53. The molecule has 150 valence electrons. The molecule has 0 radical (unpaired) electrons. The molecular weight excluding hydrogens is 391 g/mol. The van der Waals surface area contributed by atoms with Gasteiger partial charge in [0.2, 0.25) is 10.0 Å². The van der Waals surface area contributed by atoms with Crippen LogP contribution in [-0.4, -0.2) is 31.0 Å². The lowest BCUT2D eigenvalue weighted by molar-refractivity contribution is -0.137. The van der Waals surface area contributed by atoms with E-state index in [0.29, 0.717) is 18.4 Å². The van der Waals surface area contributed by atoms with Gasteiger partial charge in [-0.15, -0.1) is 0 Å². The van der Waals surface area contributed by atoms with Crippen molar-refractivity contribution in [2.75, 3.05) is 12.8 Å². The minimum atomic E-state index is -4.38. The van der Waals surface area contributed by atoms with Crippen molar-refractivity contribution in [3.05, 3.63) is 53.7 Å². The summed E-state index contributed by atoms with van der Waals surface area (Å²) in [5, 5.41) is 5.29. The Morgan fingerprint density at radius 2 is 1.79 bits per heavy atom. The van der Waals surface area contributed by atoms with Gasteiger partial charge >= 0.3 is 6.18 Å². The number of nitrogens with one attached hydrogen (secondary N) is 1. The molecule has 1 heterocycles. The third-order valence-electron chi connectivity index (χ3n) is 4.52. The van der Waals surface area contributed by atoms with Gasteiger partial charge < -0.3 is 0 Å². The molecule has 9 heteroatoms. The molecule has 2 aromatic carbocycles. The number of aromatic nitrogens is 2. The number of nitrogens with zero attached hydrogens (tertiary/aromatic N) is 2. The van der Waals surface area contributed by atoms with Gasteiger partial charge in [0.25, 0.3) is 0 Å². The summed E-state index contributed by atoms with van der Waals surface area (Å²) < 4.78 is 65.6. The molecule has 0 bridgehead atoms. The summed E-state index contributed by atoms with van der Waals surface area (Å²) in [6, 6.07) is 8.73. The molecule has 1 N–H and O–H groups in total. The van der Waals surface area contributed by atoms with Crippen molar-refractivity contribution in [3.8, 4) is 11.1 Å². The smallest absolute Gasteiger partial charge is 0.275 e. The van der Waals surface area contributed by atoms with Crippen LogP contribution < -0.4 is 4.72 Å². The molecule has 28 heavy (non-hydrogen) atoms. The van der Waals surface area contributed by atoms with E-state index in [1.807, 2.05) is 18.3 Å². The van der Waals surface area contributed by atoms with Crippen LogP contribution in [0.4, 0.5) is 13.2 Å². The lowest BCUT2D eigenvalue weighted by Crippen LogP contribution is -2.22. The van der Waals surface area contributed by atoms with Gasteiger partial charge in [0.05, 0.1) is 16.8 Å². The Hall–Kier alpha value is -2.39. The molecule has 0 amide bonds. The van der Waals surface area contributed by atoms with Gasteiger partial charge in [-0.2, -0.15) is 18.3 Å². The number of hydrogen-bond acceptors (Lipinski definition) is 3. The Kier molecular flexibility index (Phi) is 5.49. The van der Waals surface area contributed by atoms with Crippen LogP contribution in [0, 0.1) is 0 Å². The zero-order valence-corrected chi connectivity index (χ0v) is 16.2. The molecule has 0 aliphatic heterocycles. The molecule has 3 rings (SSSR count). The monoisotopic (exact) mass is 411 g/mol. The summed E-state index contributed by atoms with van der Waals surface area (Å²) >= 11 is 0. The van der Waals surface area contributed by atoms with Gasteiger partial charge in [0.15, 0.2) is 0 Å². The van der Waals surface area contributed by atoms with E-state index in [4.69, 9.17) is 0 Å². The van der Waals surface area contributed by atoms with E-state index in [1.54, 1.807) is 11.7 Å². The van der Waals surface area contributed by atoms with Crippen molar-refractivity contribution in [2.24, 2.45) is 7.05 Å². The summed E-state index contributed by atoms with van der Waals surface area (Å²) in [5.41, 5.74) is 2.35. The van der Waals surface area contributed by atoms with Crippen LogP contribution in [0.1, 0.15) is 17.5 Å². The minimum Gasteiger partial charge on any atom is -0.275 e. The predicted molar refractivity (Wildman–Crippen MR) is 102 cm³/mol. The zero-order chi connectivity index (χ0) is 20.5. The Labute approximate surface area is 161 Å². The highest BCUT2D eigenvalue weighted by atomic mass is 32.2. The van der Waals surface area contributed by atoms with Crippen LogP contribution in [0.5, 0.6) is 0 Å². The van der Waals surface area contributed by atoms with Gasteiger partial charge in [-0.1, -0.05) is 12.1 Å². The molecule has 3 aromatic rings. The molecule has 0 saturated carbocycles. The van der Waals surface area contributed by atoms with Gasteiger partial charge in [-0.25, -0.2) is 13.1 Å². The Morgan fingerprint density at radius 1 is 1.11 bits per heavy atom. The molecular formula is C19H20F3N3O2S. The first kappa shape index (κ1) is 20.3. The number of benzene rings is 2. The lowest BCUT2D eigenvalue weighted by Gasteiger charge is -2.10. The summed E-state index contributed by atoms with van der Waals surface area (Å²) in [6.45, 7) is 0. The molecule has 1 aromatic heterocycles. The average molecular weight is 411 g/mol. The number of rotatable bonds is 6. The topological polar surface area (TPSA) is 64.0 Å². The first-order chi connectivity index (χ1) is 13.1. The van der Waals surface area contributed by atoms with E-state index < -0.39 is 21.8 Å². The molecule has 0 atom stereocenters. The maximum Gasteiger partial charge on any atom is 0.416 e. The first-order valence-corrected chi connectivity index (χ1v) is 10.3. The molecule has 0 unspecified atom stereocenters. The van der Waals surface area contributed by atoms with Gasteiger partial charge in [0, 0.05) is 18.6 Å². The second kappa shape index (κ2) is 7.56. The van der Waals surface area contributed by atoms with Crippen molar-refractivity contribution < 1.29 is 21.6 Å². The van der Waals surface area contributed by atoms with Crippen molar-refractivity contribution in [1.29, 1.82) is 0 Å². The molecule has 0 spiro atoms. The predicted octanol–water partition coefficient (Wildman–Crippen LogP) is 3.74. The van der Waals surface area contributed by atoms with Crippen LogP contribution >= 0.6 is 0 Å². The summed E-state index contributed by atoms with van der Waals surface area (Å²) in [7, 11) is -0.144. The highest BCUT2D eigenvalue weighted by Gasteiger charge is 2.30. The van der Waals surface area contributed by atoms with E-state index in [0.717, 1.165) is 34.2 Å². The summed E-state index contributed by atoms with van der Waals surface area (Å²) in [4.78, 5) is 0. The minimum absolute atomic E-state index is 0.0116. The van der Waals surface area contributed by atoms with E-state index >= 15 is 0 Å². The quantitative estimate of drug-likeness (QED) is 0.672. The molecule has 0 saturated heterocycles. The van der Waals surface area contributed by atoms with Crippen LogP contribution in [-0.2, 0) is 29.7 Å². The standard InChI is InChI=1S/C19H20F3N3O2S/c1-23-28(26,27)9-3-4-14-10-15(11-16-12-25(2)24-18(14)16)13-5-7-17(8-6-13)19(20,21)22/h5-8,10-12,23H,3-4,9H2,1-2H3. The maximum absolute atomic E-state index is 12.8. The molecule has 5 nitrogen and oxygen atoms in total.